The van der Waals surface area contributed by atoms with Crippen LogP contribution < -0.4 is 9.47 Å². The van der Waals surface area contributed by atoms with E-state index in [-0.39, 0.29) is 11.8 Å². The van der Waals surface area contributed by atoms with Crippen molar-refractivity contribution in [3.05, 3.63) is 71.4 Å². The molecule has 3 aromatic rings. The number of ether oxygens (including phenoxy) is 2. The zero-order valence-corrected chi connectivity index (χ0v) is 21.6. The molecular formula is C27H33N5O5. The van der Waals surface area contributed by atoms with Crippen molar-refractivity contribution in [3.8, 4) is 11.5 Å². The highest BCUT2D eigenvalue weighted by molar-refractivity contribution is 5.95. The quantitative estimate of drug-likeness (QED) is 0.413. The first-order chi connectivity index (χ1) is 18.0. The number of hydrogen-bond acceptors (Lipinski definition) is 8. The van der Waals surface area contributed by atoms with Crippen molar-refractivity contribution in [2.45, 2.75) is 25.9 Å². The molecule has 0 aliphatic carbocycles. The molecule has 0 radical (unpaired) electrons. The summed E-state index contributed by atoms with van der Waals surface area (Å²) in [5.74, 6) is 2.15. The first kappa shape index (κ1) is 26.2. The van der Waals surface area contributed by atoms with Crippen LogP contribution in [-0.2, 0) is 24.3 Å². The molecule has 4 rings (SSSR count). The highest BCUT2D eigenvalue weighted by atomic mass is 16.5. The van der Waals surface area contributed by atoms with Gasteiger partial charge in [-0.15, -0.1) is 0 Å². The van der Waals surface area contributed by atoms with Gasteiger partial charge in [0, 0.05) is 58.2 Å². The maximum atomic E-state index is 13.0. The van der Waals surface area contributed by atoms with Gasteiger partial charge in [-0.05, 0) is 23.8 Å². The Morgan fingerprint density at radius 2 is 1.73 bits per heavy atom. The van der Waals surface area contributed by atoms with Gasteiger partial charge in [0.2, 0.25) is 11.8 Å². The van der Waals surface area contributed by atoms with Crippen molar-refractivity contribution in [2.24, 2.45) is 0 Å². The minimum Gasteiger partial charge on any atom is -0.493 e. The van der Waals surface area contributed by atoms with E-state index in [4.69, 9.17) is 14.0 Å². The molecule has 2 aromatic carbocycles. The summed E-state index contributed by atoms with van der Waals surface area (Å²) in [4.78, 5) is 35.6. The summed E-state index contributed by atoms with van der Waals surface area (Å²) in [5, 5.41) is 4.08. The van der Waals surface area contributed by atoms with E-state index in [2.05, 4.69) is 15.0 Å². The normalized spacial score (nSPS) is 13.9. The summed E-state index contributed by atoms with van der Waals surface area (Å²) in [5.41, 5.74) is 1.65. The van der Waals surface area contributed by atoms with Crippen molar-refractivity contribution in [2.75, 3.05) is 47.4 Å². The largest absolute Gasteiger partial charge is 0.493 e. The second-order valence-electron chi connectivity index (χ2n) is 8.98. The number of rotatable bonds is 10. The Morgan fingerprint density at radius 1 is 1.00 bits per heavy atom. The molecule has 1 aliphatic rings. The molecule has 0 spiro atoms. The van der Waals surface area contributed by atoms with Crippen molar-refractivity contribution >= 4 is 11.8 Å². The number of benzene rings is 2. The predicted molar refractivity (Wildman–Crippen MR) is 136 cm³/mol. The Bertz CT molecular complexity index is 1190. The van der Waals surface area contributed by atoms with Gasteiger partial charge >= 0.3 is 0 Å². The number of hydrogen-bond donors (Lipinski definition) is 0. The number of nitrogens with zero attached hydrogens (tertiary/aromatic N) is 5. The average Bonchev–Trinajstić information content (AvgIpc) is 3.39. The summed E-state index contributed by atoms with van der Waals surface area (Å²) in [6, 6.07) is 15.1. The molecule has 37 heavy (non-hydrogen) atoms. The van der Waals surface area contributed by atoms with Crippen molar-refractivity contribution in [1.82, 2.24) is 24.8 Å². The van der Waals surface area contributed by atoms with E-state index >= 15 is 0 Å². The second kappa shape index (κ2) is 12.4. The molecule has 196 valence electrons. The lowest BCUT2D eigenvalue weighted by atomic mass is 10.1. The first-order valence-corrected chi connectivity index (χ1v) is 12.3. The molecule has 2 amide bonds. The highest BCUT2D eigenvalue weighted by Crippen LogP contribution is 2.28. The average molecular weight is 508 g/mol. The second-order valence-corrected chi connectivity index (χ2v) is 8.98. The molecule has 2 heterocycles. The predicted octanol–water partition coefficient (Wildman–Crippen LogP) is 2.64. The van der Waals surface area contributed by atoms with Crippen molar-refractivity contribution in [1.29, 1.82) is 0 Å². The Morgan fingerprint density at radius 3 is 2.43 bits per heavy atom. The zero-order valence-electron chi connectivity index (χ0n) is 21.6. The number of aryl methyl sites for hydroxylation is 1. The summed E-state index contributed by atoms with van der Waals surface area (Å²) < 4.78 is 15.9. The van der Waals surface area contributed by atoms with Gasteiger partial charge < -0.3 is 23.8 Å². The number of piperazine rings is 1. The van der Waals surface area contributed by atoms with E-state index in [1.54, 1.807) is 44.4 Å². The Balaban J connectivity index is 1.22. The lowest BCUT2D eigenvalue weighted by Crippen LogP contribution is -2.48. The van der Waals surface area contributed by atoms with Crippen molar-refractivity contribution < 1.29 is 23.6 Å². The monoisotopic (exact) mass is 507 g/mol. The smallest absolute Gasteiger partial charge is 0.254 e. The van der Waals surface area contributed by atoms with Gasteiger partial charge in [-0.1, -0.05) is 35.5 Å². The van der Waals surface area contributed by atoms with E-state index in [9.17, 15) is 9.59 Å². The van der Waals surface area contributed by atoms with Crippen LogP contribution >= 0.6 is 0 Å². The van der Waals surface area contributed by atoms with Crippen LogP contribution in [0, 0.1) is 0 Å². The molecule has 1 aliphatic heterocycles. The Kier molecular flexibility index (Phi) is 8.73. The van der Waals surface area contributed by atoms with Gasteiger partial charge in [0.1, 0.15) is 0 Å². The van der Waals surface area contributed by atoms with Crippen LogP contribution in [0.15, 0.2) is 53.1 Å². The summed E-state index contributed by atoms with van der Waals surface area (Å²) in [6.07, 6.45) is 0.709. The minimum absolute atomic E-state index is 0.0267. The fourth-order valence-electron chi connectivity index (χ4n) is 4.27. The number of aromatic nitrogens is 2. The summed E-state index contributed by atoms with van der Waals surface area (Å²) in [6.45, 7) is 3.69. The Hall–Kier alpha value is -3.92. The lowest BCUT2D eigenvalue weighted by Gasteiger charge is -2.34. The molecular weight excluding hydrogens is 474 g/mol. The molecule has 0 atom stereocenters. The molecule has 10 nitrogen and oxygen atoms in total. The maximum Gasteiger partial charge on any atom is 0.254 e. The molecule has 0 saturated carbocycles. The van der Waals surface area contributed by atoms with E-state index in [0.717, 1.165) is 5.56 Å². The van der Waals surface area contributed by atoms with Gasteiger partial charge in [0.05, 0.1) is 20.8 Å². The van der Waals surface area contributed by atoms with Gasteiger partial charge in [-0.2, -0.15) is 4.98 Å². The first-order valence-electron chi connectivity index (χ1n) is 12.3. The van der Waals surface area contributed by atoms with E-state index in [1.807, 2.05) is 35.2 Å². The number of carbonyl (C=O) groups excluding carboxylic acids is 2. The third-order valence-corrected chi connectivity index (χ3v) is 6.41. The van der Waals surface area contributed by atoms with Crippen LogP contribution in [0.2, 0.25) is 0 Å². The summed E-state index contributed by atoms with van der Waals surface area (Å²) >= 11 is 0. The molecule has 0 N–H and O–H groups in total. The van der Waals surface area contributed by atoms with Gasteiger partial charge in [-0.25, -0.2) is 0 Å². The van der Waals surface area contributed by atoms with Crippen molar-refractivity contribution in [3.63, 3.8) is 0 Å². The fraction of sp³-hybridized carbons (Fsp3) is 0.407. The van der Waals surface area contributed by atoms with E-state index in [1.165, 1.54) is 0 Å². The topological polar surface area (TPSA) is 101 Å². The van der Waals surface area contributed by atoms with Crippen LogP contribution in [0.4, 0.5) is 0 Å². The van der Waals surface area contributed by atoms with E-state index in [0.29, 0.717) is 80.9 Å². The van der Waals surface area contributed by atoms with Crippen LogP contribution in [-0.4, -0.2) is 84.1 Å². The molecule has 1 aromatic heterocycles. The maximum absolute atomic E-state index is 13.0. The highest BCUT2D eigenvalue weighted by Gasteiger charge is 2.24. The fourth-order valence-corrected chi connectivity index (χ4v) is 4.27. The molecule has 0 bridgehead atoms. The molecule has 10 heteroatoms. The Labute approximate surface area is 216 Å². The molecule has 1 fully saturated rings. The van der Waals surface area contributed by atoms with Gasteiger partial charge in [0.15, 0.2) is 17.3 Å². The number of methoxy groups -OCH3 is 2. The van der Waals surface area contributed by atoms with E-state index < -0.39 is 0 Å². The summed E-state index contributed by atoms with van der Waals surface area (Å²) in [7, 11) is 4.91. The van der Waals surface area contributed by atoms with Crippen LogP contribution in [0.25, 0.3) is 0 Å². The third-order valence-electron chi connectivity index (χ3n) is 6.41. The minimum atomic E-state index is -0.0376. The lowest BCUT2D eigenvalue weighted by molar-refractivity contribution is -0.130. The standard InChI is InChI=1S/C27H33N5O5/c1-30(18-20-7-5-4-6-8-20)26(33)12-11-25-28-24(29-37-25)19-31-13-15-32(16-14-31)27(34)21-9-10-22(35-2)23(17-21)36-3/h4-10,17H,11-16,18-19H2,1-3H3. The van der Waals surface area contributed by atoms with Crippen LogP contribution in [0.5, 0.6) is 11.5 Å². The third kappa shape index (κ3) is 6.85. The molecule has 0 unspecified atom stereocenters. The van der Waals surface area contributed by atoms with Gasteiger partial charge in [-0.3, -0.25) is 14.5 Å². The molecule has 1 saturated heterocycles. The number of carbonyl (C=O) groups is 2. The SMILES string of the molecule is COc1ccc(C(=O)N2CCN(Cc3noc(CCC(=O)N(C)Cc4ccccc4)n3)CC2)cc1OC. The van der Waals surface area contributed by atoms with Gasteiger partial charge in [0.25, 0.3) is 5.91 Å². The zero-order chi connectivity index (χ0) is 26.2. The van der Waals surface area contributed by atoms with Crippen LogP contribution in [0.3, 0.4) is 0 Å². The van der Waals surface area contributed by atoms with Crippen LogP contribution in [0.1, 0.15) is 34.1 Å². The number of amides is 2.